The zero-order chi connectivity index (χ0) is 20.8. The molecular weight excluding hydrogens is 358 g/mol. The minimum absolute atomic E-state index is 0.0198. The summed E-state index contributed by atoms with van der Waals surface area (Å²) < 4.78 is 21.4. The number of rotatable bonds is 8. The molecule has 0 aliphatic rings. The van der Waals surface area contributed by atoms with E-state index < -0.39 is 0 Å². The van der Waals surface area contributed by atoms with Crippen LogP contribution in [-0.2, 0) is 0 Å². The van der Waals surface area contributed by atoms with Crippen LogP contribution in [0.5, 0.6) is 23.0 Å². The number of anilines is 1. The number of nitrogen functional groups attached to an aromatic ring is 1. The molecule has 0 radical (unpaired) electrons. The highest BCUT2D eigenvalue weighted by atomic mass is 16.5. The third-order valence-corrected chi connectivity index (χ3v) is 4.42. The Morgan fingerprint density at radius 3 is 2.00 bits per heavy atom. The fourth-order valence-corrected chi connectivity index (χ4v) is 2.94. The average Bonchev–Trinajstić information content (AvgIpc) is 2.70. The van der Waals surface area contributed by atoms with Crippen LogP contribution in [0.1, 0.15) is 29.8 Å². The molecule has 150 valence electrons. The number of Topliss-reactive ketones (excluding diaryl/α,β-unsaturated/α-hetero) is 1. The molecule has 0 bridgehead atoms. The maximum atomic E-state index is 13.2. The van der Waals surface area contributed by atoms with Gasteiger partial charge in [-0.05, 0) is 42.3 Å². The molecule has 2 N–H and O–H groups in total. The summed E-state index contributed by atoms with van der Waals surface area (Å²) in [7, 11) is 6.19. The van der Waals surface area contributed by atoms with E-state index in [-0.39, 0.29) is 11.7 Å². The van der Waals surface area contributed by atoms with Crippen molar-refractivity contribution in [2.24, 2.45) is 5.92 Å². The van der Waals surface area contributed by atoms with Gasteiger partial charge in [-0.25, -0.2) is 0 Å². The smallest absolute Gasteiger partial charge is 0.203 e. The second-order valence-corrected chi connectivity index (χ2v) is 6.46. The first-order valence-electron chi connectivity index (χ1n) is 8.86. The molecule has 0 aliphatic carbocycles. The standard InChI is InChI=1S/C22H27NO5/c1-13(2)16(20(24)14-7-9-18(25-3)17(23)12-14)11-15-8-10-19(26-4)22(28-6)21(15)27-5/h7-13H,23H2,1-6H3. The van der Waals surface area contributed by atoms with Crippen molar-refractivity contribution in [1.82, 2.24) is 0 Å². The molecule has 6 heteroatoms. The minimum Gasteiger partial charge on any atom is -0.495 e. The lowest BCUT2D eigenvalue weighted by atomic mass is 9.92. The van der Waals surface area contributed by atoms with Gasteiger partial charge in [-0.1, -0.05) is 13.8 Å². The minimum atomic E-state index is -0.110. The van der Waals surface area contributed by atoms with Crippen LogP contribution >= 0.6 is 0 Å². The van der Waals surface area contributed by atoms with Crippen molar-refractivity contribution in [1.29, 1.82) is 0 Å². The molecule has 0 aliphatic heterocycles. The molecule has 0 fully saturated rings. The Bertz CT molecular complexity index is 887. The first-order valence-corrected chi connectivity index (χ1v) is 8.86. The number of hydrogen-bond donors (Lipinski definition) is 1. The summed E-state index contributed by atoms with van der Waals surface area (Å²) in [5.74, 6) is 1.94. The Morgan fingerprint density at radius 1 is 0.893 bits per heavy atom. The van der Waals surface area contributed by atoms with Gasteiger partial charge in [0, 0.05) is 16.7 Å². The topological polar surface area (TPSA) is 80.0 Å². The van der Waals surface area contributed by atoms with Crippen molar-refractivity contribution >= 4 is 17.5 Å². The maximum Gasteiger partial charge on any atom is 0.203 e. The van der Waals surface area contributed by atoms with Crippen LogP contribution in [0.4, 0.5) is 5.69 Å². The number of benzene rings is 2. The van der Waals surface area contributed by atoms with Crippen molar-refractivity contribution in [3.63, 3.8) is 0 Å². The third kappa shape index (κ3) is 4.22. The highest BCUT2D eigenvalue weighted by Crippen LogP contribution is 2.41. The lowest BCUT2D eigenvalue weighted by molar-refractivity contribution is 0.102. The Kier molecular flexibility index (Phi) is 6.93. The molecule has 0 saturated heterocycles. The molecule has 0 atom stereocenters. The van der Waals surface area contributed by atoms with Crippen molar-refractivity contribution in [2.75, 3.05) is 34.2 Å². The molecular formula is C22H27NO5. The normalized spacial score (nSPS) is 11.3. The van der Waals surface area contributed by atoms with Crippen LogP contribution in [0, 0.1) is 5.92 Å². The summed E-state index contributed by atoms with van der Waals surface area (Å²) in [6.07, 6.45) is 1.81. The molecule has 0 heterocycles. The summed E-state index contributed by atoms with van der Waals surface area (Å²) in [6.45, 7) is 3.92. The summed E-state index contributed by atoms with van der Waals surface area (Å²) in [5, 5.41) is 0. The van der Waals surface area contributed by atoms with E-state index in [1.807, 2.05) is 26.0 Å². The van der Waals surface area contributed by atoms with E-state index in [0.29, 0.717) is 39.8 Å². The number of allylic oxidation sites excluding steroid dienone is 1. The second kappa shape index (κ2) is 9.17. The van der Waals surface area contributed by atoms with Gasteiger partial charge in [0.15, 0.2) is 17.3 Å². The first-order chi connectivity index (χ1) is 13.4. The van der Waals surface area contributed by atoms with Gasteiger partial charge in [0.25, 0.3) is 0 Å². The van der Waals surface area contributed by atoms with E-state index in [9.17, 15) is 4.79 Å². The SMILES string of the molecule is COc1ccc(C(=O)C(=Cc2ccc(OC)c(OC)c2OC)C(C)C)cc1N. The van der Waals surface area contributed by atoms with Gasteiger partial charge in [0.2, 0.25) is 5.75 Å². The summed E-state index contributed by atoms with van der Waals surface area (Å²) >= 11 is 0. The van der Waals surface area contributed by atoms with Crippen LogP contribution in [0.3, 0.4) is 0 Å². The molecule has 6 nitrogen and oxygen atoms in total. The number of ketones is 1. The highest BCUT2D eigenvalue weighted by molar-refractivity contribution is 6.12. The molecule has 0 aromatic heterocycles. The Labute approximate surface area is 165 Å². The van der Waals surface area contributed by atoms with Gasteiger partial charge in [-0.15, -0.1) is 0 Å². The lowest BCUT2D eigenvalue weighted by Gasteiger charge is -2.16. The lowest BCUT2D eigenvalue weighted by Crippen LogP contribution is -2.10. The molecule has 0 spiro atoms. The molecule has 28 heavy (non-hydrogen) atoms. The monoisotopic (exact) mass is 385 g/mol. The summed E-state index contributed by atoms with van der Waals surface area (Å²) in [4.78, 5) is 13.2. The van der Waals surface area contributed by atoms with Crippen LogP contribution < -0.4 is 24.7 Å². The van der Waals surface area contributed by atoms with Gasteiger partial charge in [0.1, 0.15) is 5.75 Å². The van der Waals surface area contributed by atoms with Crippen LogP contribution in [-0.4, -0.2) is 34.2 Å². The van der Waals surface area contributed by atoms with Gasteiger partial charge < -0.3 is 24.7 Å². The second-order valence-electron chi connectivity index (χ2n) is 6.46. The van der Waals surface area contributed by atoms with E-state index in [1.54, 1.807) is 45.6 Å². The summed E-state index contributed by atoms with van der Waals surface area (Å²) in [6, 6.07) is 8.64. The van der Waals surface area contributed by atoms with Crippen LogP contribution in [0.15, 0.2) is 35.9 Å². The van der Waals surface area contributed by atoms with E-state index >= 15 is 0 Å². The van der Waals surface area contributed by atoms with Crippen molar-refractivity contribution in [3.8, 4) is 23.0 Å². The summed E-state index contributed by atoms with van der Waals surface area (Å²) in [5.41, 5.74) is 8.22. The number of ether oxygens (including phenoxy) is 4. The Hall–Kier alpha value is -3.15. The Balaban J connectivity index is 2.56. The number of methoxy groups -OCH3 is 4. The van der Waals surface area contributed by atoms with Crippen LogP contribution in [0.25, 0.3) is 6.08 Å². The molecule has 0 amide bonds. The number of carbonyl (C=O) groups is 1. The zero-order valence-electron chi connectivity index (χ0n) is 17.2. The Morgan fingerprint density at radius 2 is 1.50 bits per heavy atom. The molecule has 2 rings (SSSR count). The van der Waals surface area contributed by atoms with E-state index in [0.717, 1.165) is 5.56 Å². The maximum absolute atomic E-state index is 13.2. The largest absolute Gasteiger partial charge is 0.495 e. The van der Waals surface area contributed by atoms with Gasteiger partial charge in [-0.2, -0.15) is 0 Å². The molecule has 2 aromatic rings. The van der Waals surface area contributed by atoms with E-state index in [1.165, 1.54) is 7.11 Å². The zero-order valence-corrected chi connectivity index (χ0v) is 17.2. The fraction of sp³-hybridized carbons (Fsp3) is 0.318. The van der Waals surface area contributed by atoms with Crippen molar-refractivity contribution < 1.29 is 23.7 Å². The fourth-order valence-electron chi connectivity index (χ4n) is 2.94. The molecule has 0 saturated carbocycles. The van der Waals surface area contributed by atoms with E-state index in [4.69, 9.17) is 24.7 Å². The number of hydrogen-bond acceptors (Lipinski definition) is 6. The predicted molar refractivity (Wildman–Crippen MR) is 111 cm³/mol. The van der Waals surface area contributed by atoms with E-state index in [2.05, 4.69) is 0 Å². The van der Waals surface area contributed by atoms with Crippen molar-refractivity contribution in [3.05, 3.63) is 47.0 Å². The van der Waals surface area contributed by atoms with Crippen LogP contribution in [0.2, 0.25) is 0 Å². The average molecular weight is 385 g/mol. The molecule has 0 unspecified atom stereocenters. The van der Waals surface area contributed by atoms with Gasteiger partial charge in [0.05, 0.1) is 34.1 Å². The quantitative estimate of drug-likeness (QED) is 0.416. The highest BCUT2D eigenvalue weighted by Gasteiger charge is 2.20. The number of carbonyl (C=O) groups excluding carboxylic acids is 1. The number of nitrogens with two attached hydrogens (primary N) is 1. The predicted octanol–water partition coefficient (Wildman–Crippen LogP) is 4.23. The van der Waals surface area contributed by atoms with Crippen molar-refractivity contribution in [2.45, 2.75) is 13.8 Å². The third-order valence-electron chi connectivity index (χ3n) is 4.42. The van der Waals surface area contributed by atoms with Gasteiger partial charge >= 0.3 is 0 Å². The molecule has 2 aromatic carbocycles. The first kappa shape index (κ1) is 21.2. The van der Waals surface area contributed by atoms with Gasteiger partial charge in [-0.3, -0.25) is 4.79 Å².